The Balaban J connectivity index is 2.08. The molecule has 0 aliphatic rings. The monoisotopic (exact) mass is 430 g/mol. The van der Waals surface area contributed by atoms with E-state index in [0.717, 1.165) is 28.4 Å². The SMILES string of the molecule is Fc1cccc(C(CBr)(CBr)CCSc2ccccc2)c1. The summed E-state index contributed by atoms with van der Waals surface area (Å²) < 4.78 is 13.5. The summed E-state index contributed by atoms with van der Waals surface area (Å²) in [4.78, 5) is 1.27. The molecule has 0 radical (unpaired) electrons. The van der Waals surface area contributed by atoms with E-state index >= 15 is 0 Å². The van der Waals surface area contributed by atoms with E-state index in [1.807, 2.05) is 23.9 Å². The van der Waals surface area contributed by atoms with Crippen LogP contribution < -0.4 is 0 Å². The smallest absolute Gasteiger partial charge is 0.123 e. The van der Waals surface area contributed by atoms with Crippen molar-refractivity contribution in [2.45, 2.75) is 16.7 Å². The minimum absolute atomic E-state index is 0.0795. The fraction of sp³-hybridized carbons (Fsp3) is 0.294. The van der Waals surface area contributed by atoms with Crippen LogP contribution in [0.15, 0.2) is 59.5 Å². The van der Waals surface area contributed by atoms with Crippen molar-refractivity contribution in [1.29, 1.82) is 0 Å². The topological polar surface area (TPSA) is 0 Å². The van der Waals surface area contributed by atoms with Crippen molar-refractivity contribution >= 4 is 43.6 Å². The number of alkyl halides is 2. The van der Waals surface area contributed by atoms with Crippen LogP contribution in [0.4, 0.5) is 4.39 Å². The standard InChI is InChI=1S/C17H17Br2FS/c18-12-17(13-19,14-5-4-6-15(20)11-14)9-10-21-16-7-2-1-3-8-16/h1-8,11H,9-10,12-13H2. The van der Waals surface area contributed by atoms with Gasteiger partial charge < -0.3 is 0 Å². The zero-order valence-electron chi connectivity index (χ0n) is 11.6. The Hall–Kier alpha value is -0.320. The molecule has 4 heteroatoms. The summed E-state index contributed by atoms with van der Waals surface area (Å²) in [6.45, 7) is 0. The van der Waals surface area contributed by atoms with Gasteiger partial charge in [-0.15, -0.1) is 11.8 Å². The first-order chi connectivity index (χ1) is 10.2. The minimum Gasteiger partial charge on any atom is -0.207 e. The highest BCUT2D eigenvalue weighted by atomic mass is 79.9. The van der Waals surface area contributed by atoms with Crippen molar-refractivity contribution in [2.24, 2.45) is 0 Å². The number of hydrogen-bond donors (Lipinski definition) is 0. The van der Waals surface area contributed by atoms with Gasteiger partial charge in [-0.1, -0.05) is 62.2 Å². The number of thioether (sulfide) groups is 1. The minimum atomic E-state index is -0.172. The summed E-state index contributed by atoms with van der Waals surface area (Å²) in [7, 11) is 0. The second kappa shape index (κ2) is 8.35. The molecule has 0 aliphatic heterocycles. The van der Waals surface area contributed by atoms with Gasteiger partial charge in [0.2, 0.25) is 0 Å². The van der Waals surface area contributed by atoms with E-state index in [9.17, 15) is 4.39 Å². The Bertz CT molecular complexity index is 556. The van der Waals surface area contributed by atoms with Gasteiger partial charge in [-0.05, 0) is 42.0 Å². The van der Waals surface area contributed by atoms with Crippen LogP contribution >= 0.6 is 43.6 Å². The summed E-state index contributed by atoms with van der Waals surface area (Å²) >= 11 is 9.08. The van der Waals surface area contributed by atoms with Gasteiger partial charge in [-0.3, -0.25) is 0 Å². The second-order valence-corrected chi connectivity index (χ2v) is 7.26. The first kappa shape index (κ1) is 17.0. The van der Waals surface area contributed by atoms with Crippen molar-refractivity contribution in [2.75, 3.05) is 16.4 Å². The van der Waals surface area contributed by atoms with Gasteiger partial charge in [-0.25, -0.2) is 4.39 Å². The Morgan fingerprint density at radius 2 is 1.67 bits per heavy atom. The quantitative estimate of drug-likeness (QED) is 0.380. The molecule has 0 fully saturated rings. The van der Waals surface area contributed by atoms with Gasteiger partial charge in [0.25, 0.3) is 0 Å². The molecule has 0 aliphatic carbocycles. The molecule has 0 bridgehead atoms. The Labute approximate surface area is 146 Å². The first-order valence-corrected chi connectivity index (χ1v) is 9.99. The zero-order chi connectivity index (χ0) is 15.1. The predicted octanol–water partition coefficient (Wildman–Crippen LogP) is 6.04. The number of halogens is 3. The summed E-state index contributed by atoms with van der Waals surface area (Å²) in [6.07, 6.45) is 0.979. The van der Waals surface area contributed by atoms with Crippen LogP contribution in [0.25, 0.3) is 0 Å². The molecule has 0 aromatic heterocycles. The van der Waals surface area contributed by atoms with Crippen molar-refractivity contribution in [3.05, 3.63) is 66.0 Å². The van der Waals surface area contributed by atoms with Gasteiger partial charge in [0.15, 0.2) is 0 Å². The largest absolute Gasteiger partial charge is 0.207 e. The lowest BCUT2D eigenvalue weighted by atomic mass is 9.82. The van der Waals surface area contributed by atoms with E-state index in [-0.39, 0.29) is 11.2 Å². The molecule has 0 spiro atoms. The van der Waals surface area contributed by atoms with Crippen molar-refractivity contribution in [3.63, 3.8) is 0 Å². The lowest BCUT2D eigenvalue weighted by Crippen LogP contribution is -2.31. The van der Waals surface area contributed by atoms with Gasteiger partial charge in [0.1, 0.15) is 5.82 Å². The van der Waals surface area contributed by atoms with E-state index in [4.69, 9.17) is 0 Å². The van der Waals surface area contributed by atoms with Crippen LogP contribution in [0.1, 0.15) is 12.0 Å². The molecular formula is C17H17Br2FS. The van der Waals surface area contributed by atoms with Crippen LogP contribution in [-0.2, 0) is 5.41 Å². The molecule has 2 aromatic carbocycles. The molecule has 2 rings (SSSR count). The third-order valence-electron chi connectivity index (χ3n) is 3.54. The lowest BCUT2D eigenvalue weighted by Gasteiger charge is -2.30. The van der Waals surface area contributed by atoms with E-state index in [1.54, 1.807) is 12.1 Å². The van der Waals surface area contributed by atoms with E-state index in [1.165, 1.54) is 11.0 Å². The van der Waals surface area contributed by atoms with E-state index in [2.05, 4.69) is 56.1 Å². The predicted molar refractivity (Wildman–Crippen MR) is 97.4 cm³/mol. The molecule has 0 N–H and O–H groups in total. The van der Waals surface area contributed by atoms with Crippen LogP contribution in [-0.4, -0.2) is 16.4 Å². The van der Waals surface area contributed by atoms with E-state index < -0.39 is 0 Å². The average molecular weight is 432 g/mol. The zero-order valence-corrected chi connectivity index (χ0v) is 15.6. The van der Waals surface area contributed by atoms with Crippen LogP contribution in [0, 0.1) is 5.82 Å². The average Bonchev–Trinajstić information content (AvgIpc) is 2.53. The second-order valence-electron chi connectivity index (χ2n) is 4.97. The Morgan fingerprint density at radius 3 is 2.29 bits per heavy atom. The summed E-state index contributed by atoms with van der Waals surface area (Å²) in [6, 6.07) is 17.3. The van der Waals surface area contributed by atoms with Gasteiger partial charge in [-0.2, -0.15) is 0 Å². The first-order valence-electron chi connectivity index (χ1n) is 6.76. The fourth-order valence-electron chi connectivity index (χ4n) is 2.17. The third-order valence-corrected chi connectivity index (χ3v) is 6.70. The number of rotatable bonds is 7. The van der Waals surface area contributed by atoms with Crippen LogP contribution in [0.3, 0.4) is 0 Å². The summed E-state index contributed by atoms with van der Waals surface area (Å²) in [5.41, 5.74) is 0.967. The molecule has 21 heavy (non-hydrogen) atoms. The molecule has 0 atom stereocenters. The van der Waals surface area contributed by atoms with Crippen molar-refractivity contribution < 1.29 is 4.39 Å². The third kappa shape index (κ3) is 4.57. The highest BCUT2D eigenvalue weighted by Gasteiger charge is 2.30. The normalized spacial score (nSPS) is 11.6. The van der Waals surface area contributed by atoms with Crippen molar-refractivity contribution in [3.8, 4) is 0 Å². The van der Waals surface area contributed by atoms with Crippen LogP contribution in [0.2, 0.25) is 0 Å². The summed E-state index contributed by atoms with van der Waals surface area (Å²) in [5, 5.41) is 1.62. The van der Waals surface area contributed by atoms with Crippen molar-refractivity contribution in [1.82, 2.24) is 0 Å². The highest BCUT2D eigenvalue weighted by molar-refractivity contribution is 9.09. The van der Waals surface area contributed by atoms with E-state index in [0.29, 0.717) is 0 Å². The van der Waals surface area contributed by atoms with Gasteiger partial charge >= 0.3 is 0 Å². The molecular weight excluding hydrogens is 415 g/mol. The van der Waals surface area contributed by atoms with Gasteiger partial charge in [0, 0.05) is 21.0 Å². The van der Waals surface area contributed by atoms with Crippen LogP contribution in [0.5, 0.6) is 0 Å². The Morgan fingerprint density at radius 1 is 0.952 bits per heavy atom. The Kier molecular flexibility index (Phi) is 6.77. The maximum absolute atomic E-state index is 13.5. The number of benzene rings is 2. The fourth-order valence-corrected chi connectivity index (χ4v) is 5.38. The highest BCUT2D eigenvalue weighted by Crippen LogP contribution is 2.35. The molecule has 0 nitrogen and oxygen atoms in total. The molecule has 112 valence electrons. The maximum atomic E-state index is 13.5. The molecule has 0 heterocycles. The van der Waals surface area contributed by atoms with Gasteiger partial charge in [0.05, 0.1) is 0 Å². The number of hydrogen-bond acceptors (Lipinski definition) is 1. The lowest BCUT2D eigenvalue weighted by molar-refractivity contribution is 0.530. The summed E-state index contributed by atoms with van der Waals surface area (Å²) in [5.74, 6) is 0.826. The molecule has 0 amide bonds. The maximum Gasteiger partial charge on any atom is 0.123 e. The molecule has 0 saturated carbocycles. The molecule has 0 saturated heterocycles. The molecule has 0 unspecified atom stereocenters. The molecule has 2 aromatic rings.